The summed E-state index contributed by atoms with van der Waals surface area (Å²) in [6, 6.07) is 13.6. The third-order valence-electron chi connectivity index (χ3n) is 3.29. The van der Waals surface area contributed by atoms with Gasteiger partial charge in [0.25, 0.3) is 5.91 Å². The summed E-state index contributed by atoms with van der Waals surface area (Å²) in [6.45, 7) is 1.14. The smallest absolute Gasteiger partial charge is 0.344 e. The van der Waals surface area contributed by atoms with Crippen molar-refractivity contribution in [3.8, 4) is 5.75 Å². The predicted molar refractivity (Wildman–Crippen MR) is 95.9 cm³/mol. The molecule has 132 valence electrons. The molecule has 0 aliphatic carbocycles. The zero-order chi connectivity index (χ0) is 18.2. The minimum atomic E-state index is -0.624. The fourth-order valence-corrected chi connectivity index (χ4v) is 2.30. The molecule has 0 aliphatic rings. The van der Waals surface area contributed by atoms with Crippen molar-refractivity contribution >= 4 is 35.1 Å². The van der Waals surface area contributed by atoms with Crippen LogP contribution in [0, 0.1) is 0 Å². The number of para-hydroxylation sites is 1. The molecule has 0 saturated carbocycles. The van der Waals surface area contributed by atoms with E-state index >= 15 is 0 Å². The highest BCUT2D eigenvalue weighted by Gasteiger charge is 2.13. The van der Waals surface area contributed by atoms with Gasteiger partial charge in [-0.2, -0.15) is 0 Å². The number of nitrogens with one attached hydrogen (secondary N) is 1. The number of halogens is 2. The highest BCUT2D eigenvalue weighted by molar-refractivity contribution is 6.42. The highest BCUT2D eigenvalue weighted by atomic mass is 35.5. The molecule has 0 radical (unpaired) electrons. The summed E-state index contributed by atoms with van der Waals surface area (Å²) in [5, 5.41) is 3.56. The minimum absolute atomic E-state index is 0.264. The Morgan fingerprint density at radius 3 is 2.44 bits per heavy atom. The topological polar surface area (TPSA) is 64.6 Å². The number of esters is 1. The number of ether oxygens (including phenoxy) is 2. The van der Waals surface area contributed by atoms with Crippen LogP contribution in [0.3, 0.4) is 0 Å². The van der Waals surface area contributed by atoms with Gasteiger partial charge in [0.2, 0.25) is 0 Å². The molecule has 2 rings (SSSR count). The zero-order valence-corrected chi connectivity index (χ0v) is 15.0. The van der Waals surface area contributed by atoms with Crippen molar-refractivity contribution in [2.24, 2.45) is 0 Å². The molecule has 7 heteroatoms. The van der Waals surface area contributed by atoms with Gasteiger partial charge in [-0.15, -0.1) is 0 Å². The van der Waals surface area contributed by atoms with Gasteiger partial charge in [0, 0.05) is 0 Å². The summed E-state index contributed by atoms with van der Waals surface area (Å²) in [5.74, 6) is -0.495. The lowest BCUT2D eigenvalue weighted by Gasteiger charge is -2.15. The Kier molecular flexibility index (Phi) is 7.10. The average molecular weight is 382 g/mol. The number of benzene rings is 2. The van der Waals surface area contributed by atoms with E-state index in [0.29, 0.717) is 15.8 Å². The minimum Gasteiger partial charge on any atom is -0.482 e. The summed E-state index contributed by atoms with van der Waals surface area (Å²) in [7, 11) is 0. The Labute approximate surface area is 155 Å². The molecule has 1 atom stereocenters. The fraction of sp³-hybridized carbons (Fsp3) is 0.222. The third kappa shape index (κ3) is 6.29. The Morgan fingerprint density at radius 2 is 1.76 bits per heavy atom. The summed E-state index contributed by atoms with van der Waals surface area (Å²) in [6.07, 6.45) is 0. The van der Waals surface area contributed by atoms with E-state index in [-0.39, 0.29) is 19.3 Å². The van der Waals surface area contributed by atoms with Crippen LogP contribution in [-0.2, 0) is 14.3 Å². The van der Waals surface area contributed by atoms with Crippen LogP contribution in [0.15, 0.2) is 48.5 Å². The normalized spacial score (nSPS) is 11.5. The van der Waals surface area contributed by atoms with E-state index in [4.69, 9.17) is 32.7 Å². The van der Waals surface area contributed by atoms with Crippen molar-refractivity contribution in [3.63, 3.8) is 0 Å². The van der Waals surface area contributed by atoms with Crippen LogP contribution in [0.25, 0.3) is 0 Å². The Morgan fingerprint density at radius 1 is 1.04 bits per heavy atom. The molecule has 25 heavy (non-hydrogen) atoms. The molecule has 0 aromatic heterocycles. The fourth-order valence-electron chi connectivity index (χ4n) is 1.99. The number of amides is 1. The van der Waals surface area contributed by atoms with Gasteiger partial charge >= 0.3 is 5.97 Å². The molecular formula is C18H17Cl2NO4. The largest absolute Gasteiger partial charge is 0.482 e. The number of hydrogen-bond donors (Lipinski definition) is 1. The second kappa shape index (κ2) is 9.30. The SMILES string of the molecule is C[C@H](NC(=O)COC(=O)COc1ccccc1)c1ccc(Cl)c(Cl)c1. The monoisotopic (exact) mass is 381 g/mol. The molecule has 0 fully saturated rings. The first-order chi connectivity index (χ1) is 12.0. The first-order valence-electron chi connectivity index (χ1n) is 7.53. The Balaban J connectivity index is 1.74. The molecule has 2 aromatic rings. The Hall–Kier alpha value is -2.24. The van der Waals surface area contributed by atoms with Crippen molar-refractivity contribution in [2.75, 3.05) is 13.2 Å². The van der Waals surface area contributed by atoms with Gasteiger partial charge in [-0.3, -0.25) is 4.79 Å². The summed E-state index contributed by atoms with van der Waals surface area (Å²) >= 11 is 11.8. The van der Waals surface area contributed by atoms with E-state index in [1.165, 1.54) is 0 Å². The molecule has 0 saturated heterocycles. The summed E-state index contributed by atoms with van der Waals surface area (Å²) in [4.78, 5) is 23.5. The molecule has 0 bridgehead atoms. The van der Waals surface area contributed by atoms with Gasteiger partial charge in [0.1, 0.15) is 5.75 Å². The van der Waals surface area contributed by atoms with Crippen molar-refractivity contribution in [1.82, 2.24) is 5.32 Å². The van der Waals surface area contributed by atoms with Crippen LogP contribution in [0.1, 0.15) is 18.5 Å². The van der Waals surface area contributed by atoms with E-state index in [1.807, 2.05) is 6.07 Å². The number of carbonyl (C=O) groups excluding carboxylic acids is 2. The summed E-state index contributed by atoms with van der Waals surface area (Å²) < 4.78 is 10.1. The van der Waals surface area contributed by atoms with Gasteiger partial charge in [0.15, 0.2) is 13.2 Å². The molecule has 0 unspecified atom stereocenters. The lowest BCUT2D eigenvalue weighted by molar-refractivity contribution is -0.150. The number of carbonyl (C=O) groups is 2. The average Bonchev–Trinajstić information content (AvgIpc) is 2.61. The van der Waals surface area contributed by atoms with Crippen LogP contribution in [0.5, 0.6) is 5.75 Å². The lowest BCUT2D eigenvalue weighted by Crippen LogP contribution is -2.31. The van der Waals surface area contributed by atoms with Crippen LogP contribution in [0.4, 0.5) is 0 Å². The second-order valence-electron chi connectivity index (χ2n) is 5.23. The van der Waals surface area contributed by atoms with Crippen molar-refractivity contribution in [3.05, 3.63) is 64.1 Å². The van der Waals surface area contributed by atoms with E-state index in [2.05, 4.69) is 5.32 Å². The van der Waals surface area contributed by atoms with Crippen LogP contribution in [0.2, 0.25) is 10.0 Å². The van der Waals surface area contributed by atoms with E-state index < -0.39 is 11.9 Å². The zero-order valence-electron chi connectivity index (χ0n) is 13.5. The molecule has 0 aliphatic heterocycles. The Bertz CT molecular complexity index is 737. The molecule has 0 heterocycles. The number of rotatable bonds is 7. The van der Waals surface area contributed by atoms with Crippen LogP contribution >= 0.6 is 23.2 Å². The first kappa shape index (κ1) is 19.1. The molecule has 5 nitrogen and oxygen atoms in total. The summed E-state index contributed by atoms with van der Waals surface area (Å²) in [5.41, 5.74) is 0.793. The first-order valence-corrected chi connectivity index (χ1v) is 8.29. The van der Waals surface area contributed by atoms with Gasteiger partial charge in [-0.1, -0.05) is 47.5 Å². The maximum atomic E-state index is 11.9. The van der Waals surface area contributed by atoms with Crippen molar-refractivity contribution in [2.45, 2.75) is 13.0 Å². The molecule has 2 aromatic carbocycles. The van der Waals surface area contributed by atoms with E-state index in [0.717, 1.165) is 5.56 Å². The van der Waals surface area contributed by atoms with Crippen molar-refractivity contribution < 1.29 is 19.1 Å². The van der Waals surface area contributed by atoms with Crippen LogP contribution < -0.4 is 10.1 Å². The maximum absolute atomic E-state index is 11.9. The predicted octanol–water partition coefficient (Wildman–Crippen LogP) is 3.79. The lowest BCUT2D eigenvalue weighted by atomic mass is 10.1. The number of hydrogen-bond acceptors (Lipinski definition) is 4. The standard InChI is InChI=1S/C18H17Cl2NO4/c1-12(13-7-8-15(19)16(20)9-13)21-17(22)10-25-18(23)11-24-14-5-3-2-4-6-14/h2-9,12H,10-11H2,1H3,(H,21,22)/t12-/m0/s1. The molecule has 1 amide bonds. The molecule has 1 N–H and O–H groups in total. The van der Waals surface area contributed by atoms with E-state index in [9.17, 15) is 9.59 Å². The van der Waals surface area contributed by atoms with Gasteiger partial charge in [0.05, 0.1) is 16.1 Å². The quantitative estimate of drug-likeness (QED) is 0.740. The molecule has 0 spiro atoms. The molecular weight excluding hydrogens is 365 g/mol. The third-order valence-corrected chi connectivity index (χ3v) is 4.02. The van der Waals surface area contributed by atoms with E-state index in [1.54, 1.807) is 49.4 Å². The van der Waals surface area contributed by atoms with Gasteiger partial charge in [-0.25, -0.2) is 4.79 Å². The maximum Gasteiger partial charge on any atom is 0.344 e. The van der Waals surface area contributed by atoms with Gasteiger partial charge in [-0.05, 0) is 36.8 Å². The van der Waals surface area contributed by atoms with Gasteiger partial charge < -0.3 is 14.8 Å². The highest BCUT2D eigenvalue weighted by Crippen LogP contribution is 2.25. The van der Waals surface area contributed by atoms with Crippen molar-refractivity contribution in [1.29, 1.82) is 0 Å². The second-order valence-corrected chi connectivity index (χ2v) is 6.04. The van der Waals surface area contributed by atoms with Crippen LogP contribution in [-0.4, -0.2) is 25.1 Å².